The summed E-state index contributed by atoms with van der Waals surface area (Å²) in [5, 5.41) is 5.94. The van der Waals surface area contributed by atoms with Crippen molar-refractivity contribution in [3.05, 3.63) is 381 Å². The third-order valence-electron chi connectivity index (χ3n) is 22.4. The van der Waals surface area contributed by atoms with Gasteiger partial charge in [-0.15, -0.1) is 0 Å². The summed E-state index contributed by atoms with van der Waals surface area (Å²) in [6.07, 6.45) is 0.285. The van der Waals surface area contributed by atoms with Crippen molar-refractivity contribution in [2.45, 2.75) is 12.8 Å². The van der Waals surface area contributed by atoms with Gasteiger partial charge < -0.3 is 30.4 Å². The largest absolute Gasteiger partial charge is 0.819 e. The first-order valence-corrected chi connectivity index (χ1v) is 46.1. The van der Waals surface area contributed by atoms with Crippen LogP contribution in [0.1, 0.15) is 68.5 Å². The van der Waals surface area contributed by atoms with Crippen molar-refractivity contribution in [2.75, 3.05) is 13.2 Å². The van der Waals surface area contributed by atoms with Crippen LogP contribution in [-0.4, -0.2) is 104 Å². The molecule has 8 aliphatic heterocycles. The Morgan fingerprint density at radius 1 is 0.258 bits per heavy atom. The highest BCUT2D eigenvalue weighted by molar-refractivity contribution is 7.50. The molecule has 16 aromatic rings. The first kappa shape index (κ1) is 73.4. The van der Waals surface area contributed by atoms with Gasteiger partial charge in [0.25, 0.3) is 0 Å². The normalized spacial score (nSPS) is 15.2. The second-order valence-electron chi connectivity index (χ2n) is 29.9. The van der Waals surface area contributed by atoms with E-state index in [1.807, 2.05) is 269 Å². The van der Waals surface area contributed by atoms with Crippen molar-refractivity contribution in [3.63, 3.8) is 0 Å². The van der Waals surface area contributed by atoms with E-state index in [1.54, 1.807) is 48.5 Å². The average Bonchev–Trinajstić information content (AvgIpc) is 1.55. The zero-order valence-electron chi connectivity index (χ0n) is 65.2. The third-order valence-corrected chi connectivity index (χ3v) is 31.6. The zero-order chi connectivity index (χ0) is 82.1. The van der Waals surface area contributed by atoms with Crippen molar-refractivity contribution in [1.29, 1.82) is 0 Å². The lowest BCUT2D eigenvalue weighted by molar-refractivity contribution is 0.210. The first-order valence-electron chi connectivity index (χ1n) is 40.1. The van der Waals surface area contributed by atoms with Crippen LogP contribution in [0, 0.1) is 23.7 Å². The third kappa shape index (κ3) is 12.6. The highest BCUT2D eigenvalue weighted by Gasteiger charge is 2.51. The molecule has 0 radical (unpaired) electrons. The lowest BCUT2D eigenvalue weighted by Crippen LogP contribution is -2.48. The van der Waals surface area contributed by atoms with Gasteiger partial charge in [-0.2, -0.15) is 0 Å². The molecule has 124 heavy (non-hydrogen) atoms. The summed E-state index contributed by atoms with van der Waals surface area (Å²) in [5.41, 5.74) is 11.6. The van der Waals surface area contributed by atoms with E-state index in [1.165, 1.54) is 0 Å². The Hall–Kier alpha value is -14.6. The van der Waals surface area contributed by atoms with Crippen molar-refractivity contribution in [2.24, 2.45) is 59.9 Å². The zero-order valence-corrected chi connectivity index (χ0v) is 69.3. The minimum Gasteiger partial charge on any atom is -0.406 e. The second-order valence-corrected chi connectivity index (χ2v) is 37.6. The van der Waals surface area contributed by atoms with E-state index in [0.29, 0.717) is 91.9 Å². The number of benzene rings is 12. The number of para-hydroxylation sites is 2. The molecule has 2 atom stereocenters. The van der Waals surface area contributed by atoms with Crippen LogP contribution >= 0.6 is 15.6 Å². The molecule has 0 N–H and O–H groups in total. The number of hydrogen-bond acceptors (Lipinski definition) is 20. The summed E-state index contributed by atoms with van der Waals surface area (Å²) in [6, 6.07) is 96.6. The van der Waals surface area contributed by atoms with Crippen LogP contribution in [0.25, 0.3) is 54.2 Å². The smallest absolute Gasteiger partial charge is 0.406 e. The molecule has 0 amide bonds. The molecular weight excluding hydrogens is 1620 g/mol. The minimum atomic E-state index is -4.74. The van der Waals surface area contributed by atoms with Crippen LogP contribution in [-0.2, 0) is 25.3 Å². The lowest BCUT2D eigenvalue weighted by atomic mass is 10.0. The number of aromatic nitrogens is 4. The van der Waals surface area contributed by atoms with Gasteiger partial charge in [0, 0.05) is 112 Å². The number of fused-ring (bicyclic) bond motifs is 28. The van der Waals surface area contributed by atoms with Crippen LogP contribution in [0.4, 0.5) is 23.3 Å². The molecule has 8 aliphatic rings. The van der Waals surface area contributed by atoms with Crippen molar-refractivity contribution < 1.29 is 34.4 Å². The number of phosphoric ester groups is 2. The molecule has 2 unspecified atom stereocenters. The number of nitrogens with zero attached hydrogens (tertiary/aromatic N) is 16. The summed E-state index contributed by atoms with van der Waals surface area (Å²) in [7, 11) is -9.48. The molecule has 0 spiro atoms. The standard InChI is InChI=1S/2C32H16N8.C32H28O8P2.2Al/c2*1-2-10-18-17(9-1)25-33-26(18)38-28-21-13-5-6-14-22(21)30(35-28)40-32-24-16-8-7-15-23(24)31(36-32)39-29-20-12-4-3-11-19(20)27(34-29)37-25;33-41(34,39-31-13-3-1-4-14-31)37-25-9-7-11-27-17-21-29(22-18-27)30-23-19-28(20-24-30)12-8-10-26-38-42(35,36)40-32-15-5-2-6-16-32;;/h2*1-16H;1-6,13-24H,9-10,25-26H2,(H,33,34)(H,35,36);;/q2*-2;;2*+3/p-2. The maximum absolute atomic E-state index is 16.3. The molecule has 0 aliphatic carbocycles. The molecule has 24 nitrogen and oxygen atoms in total. The second kappa shape index (κ2) is 29.7. The molecule has 0 saturated heterocycles. The van der Waals surface area contributed by atoms with E-state index in [9.17, 15) is 0 Å². The molecule has 0 fully saturated rings. The number of rotatable bonds is 15. The maximum Gasteiger partial charge on any atom is 0.819 e. The Balaban J connectivity index is 0.514. The van der Waals surface area contributed by atoms with Gasteiger partial charge in [-0.1, -0.05) is 278 Å². The van der Waals surface area contributed by atoms with Gasteiger partial charge in [0.1, 0.15) is 56.7 Å². The molecule has 4 aromatic heterocycles. The number of phosphoric acid groups is 2. The van der Waals surface area contributed by atoms with E-state index in [2.05, 4.69) is 23.7 Å². The Morgan fingerprint density at radius 2 is 0.500 bits per heavy atom. The van der Waals surface area contributed by atoms with Gasteiger partial charge in [0.15, 0.2) is 46.7 Å². The van der Waals surface area contributed by atoms with Crippen LogP contribution in [0.2, 0.25) is 0 Å². The van der Waals surface area contributed by atoms with Crippen LogP contribution in [0.3, 0.4) is 0 Å². The fraction of sp³-hybridized carbons (Fsp3) is 0.0417. The molecule has 586 valence electrons. The van der Waals surface area contributed by atoms with E-state index >= 15 is 9.13 Å². The summed E-state index contributed by atoms with van der Waals surface area (Å²) in [6.45, 7) is -0.300. The predicted octanol–water partition coefficient (Wildman–Crippen LogP) is 17.1. The summed E-state index contributed by atoms with van der Waals surface area (Å²) in [4.78, 5) is 64.2. The highest BCUT2D eigenvalue weighted by Crippen LogP contribution is 2.54. The van der Waals surface area contributed by atoms with E-state index in [-0.39, 0.29) is 37.6 Å². The molecule has 12 bridgehead atoms. The molecule has 24 rings (SSSR count). The summed E-state index contributed by atoms with van der Waals surface area (Å²) < 4.78 is 81.3. The van der Waals surface area contributed by atoms with Crippen molar-refractivity contribution >= 4 is 159 Å². The van der Waals surface area contributed by atoms with Crippen LogP contribution < -0.4 is 31.0 Å². The summed E-state index contributed by atoms with van der Waals surface area (Å²) in [5.74, 6) is 18.9. The fourth-order valence-corrected chi connectivity index (χ4v) is 26.2. The van der Waals surface area contributed by atoms with Gasteiger partial charge >= 0.3 is 45.5 Å². The number of aliphatic imine (C=N–C) groups is 8. The van der Waals surface area contributed by atoms with Crippen LogP contribution in [0.5, 0.6) is 11.5 Å². The van der Waals surface area contributed by atoms with Crippen LogP contribution in [0.15, 0.2) is 363 Å². The quantitative estimate of drug-likeness (QED) is 0.0411. The number of hydrogen-bond donors (Lipinski definition) is 0. The first-order chi connectivity index (χ1) is 61.1. The lowest BCUT2D eigenvalue weighted by Gasteiger charge is -2.24. The van der Waals surface area contributed by atoms with Gasteiger partial charge in [-0.3, -0.25) is 9.05 Å². The number of amidine groups is 8. The van der Waals surface area contributed by atoms with Gasteiger partial charge in [-0.25, -0.2) is 69.0 Å². The molecule has 12 aromatic carbocycles. The fourth-order valence-electron chi connectivity index (χ4n) is 16.8. The Kier molecular flexibility index (Phi) is 17.6. The Morgan fingerprint density at radius 3 is 0.774 bits per heavy atom. The minimum absolute atomic E-state index is 0.142. The van der Waals surface area contributed by atoms with Crippen molar-refractivity contribution in [1.82, 2.24) is 14.2 Å². The van der Waals surface area contributed by atoms with E-state index < -0.39 is 45.5 Å². The molecular formula is C96H58Al2N16O8P2. The average molecular weight is 1680 g/mol. The van der Waals surface area contributed by atoms with Gasteiger partial charge in [0.05, 0.1) is 13.2 Å². The van der Waals surface area contributed by atoms with E-state index in [4.69, 9.17) is 85.2 Å². The van der Waals surface area contributed by atoms with E-state index in [0.717, 1.165) is 110 Å². The molecule has 12 heterocycles. The Labute approximate surface area is 715 Å². The Bertz CT molecular complexity index is 7390. The molecule has 0 saturated carbocycles. The van der Waals surface area contributed by atoms with Gasteiger partial charge in [0.2, 0.25) is 0 Å². The SMILES string of the molecule is O=P(OCCC#Cc1ccc(-c2ccc(C#CCCOP(=O)(Oc3ccccc3)[O][Al]3[n]4c5c6ccccc6c4N=C4N=C(N=c6c7ccccc7c([n]63)=NC3=NC(=N5)c5ccccc53)c3ccccc34)cc2)cc1)(Oc1ccccc1)[O][Al]1[n]2c3c4ccccc4c2N=C2N=C(N=c4c5ccccc5c([n]41)=NC1=NC(=N3)c3ccccc31)c1ccccc12. The molecule has 28 heteroatoms. The van der Waals surface area contributed by atoms with Gasteiger partial charge in [-0.05, 0) is 59.7 Å². The monoisotopic (exact) mass is 1680 g/mol. The predicted molar refractivity (Wildman–Crippen MR) is 480 cm³/mol. The highest BCUT2D eigenvalue weighted by atomic mass is 31.2. The topological polar surface area (TPSA) is 258 Å². The summed E-state index contributed by atoms with van der Waals surface area (Å²) >= 11 is -7.57. The maximum atomic E-state index is 16.3. The van der Waals surface area contributed by atoms with Crippen molar-refractivity contribution in [3.8, 4) is 46.3 Å².